The molecule has 0 fully saturated rings. The number of para-hydroxylation sites is 1. The van der Waals surface area contributed by atoms with Crippen LogP contribution >= 0.6 is 0 Å². The molecule has 0 aliphatic rings. The summed E-state index contributed by atoms with van der Waals surface area (Å²) in [5, 5.41) is 0. The summed E-state index contributed by atoms with van der Waals surface area (Å²) in [6, 6.07) is 10.6. The van der Waals surface area contributed by atoms with Crippen LogP contribution in [0.3, 0.4) is 0 Å². The first-order valence-electron chi connectivity index (χ1n) is 4.51. The maximum absolute atomic E-state index is 12.2. The van der Waals surface area contributed by atoms with Gasteiger partial charge >= 0.3 is 5.69 Å². The van der Waals surface area contributed by atoms with E-state index in [1.165, 1.54) is 16.8 Å². The highest BCUT2D eigenvalue weighted by Crippen LogP contribution is 2.03. The second-order valence-electron chi connectivity index (χ2n) is 3.04. The Hall–Kier alpha value is -1.97. The van der Waals surface area contributed by atoms with Gasteiger partial charge in [0.15, 0.2) is 0 Å². The van der Waals surface area contributed by atoms with Crippen LogP contribution in [0.5, 0.6) is 0 Å². The smallest absolute Gasteiger partial charge is 0.268 e. The molecule has 15 heavy (non-hydrogen) atoms. The largest absolute Gasteiger partial charge is 0.352 e. The Balaban J connectivity index is 2.51. The Morgan fingerprint density at radius 2 is 1.93 bits per heavy atom. The van der Waals surface area contributed by atoms with Crippen molar-refractivity contribution in [2.24, 2.45) is 0 Å². The number of benzene rings is 1. The standard InChI is InChI=1S/C11H9FN2O/c12-8-9-6-7-14(11(15)13-9)10-4-2-1-3-5-10/h1-7H,8H2. The molecular weight excluding hydrogens is 195 g/mol. The third kappa shape index (κ3) is 1.93. The third-order valence-electron chi connectivity index (χ3n) is 2.03. The second kappa shape index (κ2) is 4.04. The van der Waals surface area contributed by atoms with Crippen LogP contribution in [0.25, 0.3) is 5.69 Å². The van der Waals surface area contributed by atoms with E-state index in [1.54, 1.807) is 12.1 Å². The maximum Gasteiger partial charge on any atom is 0.352 e. The first-order chi connectivity index (χ1) is 7.31. The van der Waals surface area contributed by atoms with Crippen LogP contribution in [-0.4, -0.2) is 9.55 Å². The average Bonchev–Trinajstić information content (AvgIpc) is 2.30. The minimum atomic E-state index is -0.717. The van der Waals surface area contributed by atoms with E-state index in [9.17, 15) is 9.18 Å². The zero-order valence-corrected chi connectivity index (χ0v) is 7.93. The summed E-state index contributed by atoms with van der Waals surface area (Å²) in [5.41, 5.74) is 0.420. The number of rotatable bonds is 2. The van der Waals surface area contributed by atoms with Crippen LogP contribution in [0.1, 0.15) is 5.69 Å². The van der Waals surface area contributed by atoms with Crippen LogP contribution < -0.4 is 5.69 Å². The number of alkyl halides is 1. The Morgan fingerprint density at radius 1 is 1.20 bits per heavy atom. The molecular formula is C11H9FN2O. The molecule has 0 saturated carbocycles. The fraction of sp³-hybridized carbons (Fsp3) is 0.0909. The first-order valence-corrected chi connectivity index (χ1v) is 4.51. The highest BCUT2D eigenvalue weighted by atomic mass is 19.1. The summed E-state index contributed by atoms with van der Waals surface area (Å²) in [4.78, 5) is 15.1. The lowest BCUT2D eigenvalue weighted by Crippen LogP contribution is -2.21. The lowest BCUT2D eigenvalue weighted by atomic mass is 10.3. The zero-order chi connectivity index (χ0) is 10.7. The quantitative estimate of drug-likeness (QED) is 0.746. The van der Waals surface area contributed by atoms with Crippen molar-refractivity contribution in [2.75, 3.05) is 0 Å². The highest BCUT2D eigenvalue weighted by molar-refractivity contribution is 5.30. The van der Waals surface area contributed by atoms with Crippen molar-refractivity contribution >= 4 is 0 Å². The molecule has 0 aliphatic heterocycles. The second-order valence-corrected chi connectivity index (χ2v) is 3.04. The number of hydrogen-bond donors (Lipinski definition) is 0. The molecule has 0 atom stereocenters. The fourth-order valence-electron chi connectivity index (χ4n) is 1.30. The minimum absolute atomic E-state index is 0.159. The highest BCUT2D eigenvalue weighted by Gasteiger charge is 2.01. The number of hydrogen-bond acceptors (Lipinski definition) is 2. The average molecular weight is 204 g/mol. The van der Waals surface area contributed by atoms with Gasteiger partial charge in [0.25, 0.3) is 0 Å². The van der Waals surface area contributed by atoms with E-state index in [2.05, 4.69) is 4.98 Å². The molecule has 76 valence electrons. The van der Waals surface area contributed by atoms with Gasteiger partial charge in [-0.25, -0.2) is 9.18 Å². The van der Waals surface area contributed by atoms with E-state index in [1.807, 2.05) is 18.2 Å². The topological polar surface area (TPSA) is 34.9 Å². The van der Waals surface area contributed by atoms with E-state index >= 15 is 0 Å². The summed E-state index contributed by atoms with van der Waals surface area (Å²) in [5.74, 6) is 0. The van der Waals surface area contributed by atoms with Gasteiger partial charge in [-0.1, -0.05) is 18.2 Å². The predicted molar refractivity (Wildman–Crippen MR) is 54.6 cm³/mol. The molecule has 0 bridgehead atoms. The van der Waals surface area contributed by atoms with E-state index < -0.39 is 12.4 Å². The number of nitrogens with zero attached hydrogens (tertiary/aromatic N) is 2. The van der Waals surface area contributed by atoms with Gasteiger partial charge in [0.1, 0.15) is 6.67 Å². The molecule has 0 saturated heterocycles. The Kier molecular flexibility index (Phi) is 2.58. The van der Waals surface area contributed by atoms with Crippen molar-refractivity contribution in [1.29, 1.82) is 0 Å². The Morgan fingerprint density at radius 3 is 2.53 bits per heavy atom. The van der Waals surface area contributed by atoms with Gasteiger partial charge in [0, 0.05) is 6.20 Å². The molecule has 1 aromatic heterocycles. The predicted octanol–water partition coefficient (Wildman–Crippen LogP) is 1.70. The number of aromatic nitrogens is 2. The van der Waals surface area contributed by atoms with E-state index in [-0.39, 0.29) is 5.69 Å². The summed E-state index contributed by atoms with van der Waals surface area (Å²) < 4.78 is 13.6. The lowest BCUT2D eigenvalue weighted by molar-refractivity contribution is 0.473. The van der Waals surface area contributed by atoms with Crippen molar-refractivity contribution in [2.45, 2.75) is 6.67 Å². The molecule has 1 aromatic carbocycles. The molecule has 0 N–H and O–H groups in total. The van der Waals surface area contributed by atoms with Gasteiger partial charge in [0.2, 0.25) is 0 Å². The minimum Gasteiger partial charge on any atom is -0.268 e. The molecule has 2 aromatic rings. The Bertz CT molecular complexity index is 507. The van der Waals surface area contributed by atoms with Gasteiger partial charge < -0.3 is 0 Å². The van der Waals surface area contributed by atoms with Crippen LogP contribution in [0.15, 0.2) is 47.4 Å². The molecule has 3 nitrogen and oxygen atoms in total. The van der Waals surface area contributed by atoms with Crippen LogP contribution in [0, 0.1) is 0 Å². The van der Waals surface area contributed by atoms with E-state index in [4.69, 9.17) is 0 Å². The summed E-state index contributed by atoms with van der Waals surface area (Å²) in [6.45, 7) is -0.717. The molecule has 0 radical (unpaired) electrons. The van der Waals surface area contributed by atoms with Gasteiger partial charge in [-0.15, -0.1) is 0 Å². The molecule has 1 heterocycles. The maximum atomic E-state index is 12.2. The Labute approximate surface area is 85.8 Å². The monoisotopic (exact) mass is 204 g/mol. The lowest BCUT2D eigenvalue weighted by Gasteiger charge is -2.04. The number of halogens is 1. The zero-order valence-electron chi connectivity index (χ0n) is 7.93. The molecule has 0 amide bonds. The first kappa shape index (κ1) is 9.58. The van der Waals surface area contributed by atoms with Gasteiger partial charge in [-0.3, -0.25) is 4.57 Å². The van der Waals surface area contributed by atoms with Gasteiger partial charge in [-0.2, -0.15) is 4.98 Å². The van der Waals surface area contributed by atoms with Crippen molar-refractivity contribution in [1.82, 2.24) is 9.55 Å². The van der Waals surface area contributed by atoms with Crippen LogP contribution in [0.2, 0.25) is 0 Å². The molecule has 4 heteroatoms. The SMILES string of the molecule is O=c1nc(CF)ccn1-c1ccccc1. The summed E-state index contributed by atoms with van der Waals surface area (Å²) in [7, 11) is 0. The fourth-order valence-corrected chi connectivity index (χ4v) is 1.30. The normalized spacial score (nSPS) is 10.2. The van der Waals surface area contributed by atoms with Crippen LogP contribution in [-0.2, 0) is 6.67 Å². The van der Waals surface area contributed by atoms with Crippen molar-refractivity contribution in [3.8, 4) is 5.69 Å². The van der Waals surface area contributed by atoms with E-state index in [0.717, 1.165) is 5.69 Å². The summed E-state index contributed by atoms with van der Waals surface area (Å²) >= 11 is 0. The molecule has 0 spiro atoms. The van der Waals surface area contributed by atoms with Crippen LogP contribution in [0.4, 0.5) is 4.39 Å². The van der Waals surface area contributed by atoms with Crippen molar-refractivity contribution in [3.05, 3.63) is 58.8 Å². The molecule has 0 aliphatic carbocycles. The van der Waals surface area contributed by atoms with Gasteiger partial charge in [0.05, 0.1) is 11.4 Å². The molecule has 2 rings (SSSR count). The van der Waals surface area contributed by atoms with Crippen molar-refractivity contribution in [3.63, 3.8) is 0 Å². The third-order valence-corrected chi connectivity index (χ3v) is 2.03. The summed E-state index contributed by atoms with van der Waals surface area (Å²) in [6.07, 6.45) is 1.53. The van der Waals surface area contributed by atoms with Crippen molar-refractivity contribution < 1.29 is 4.39 Å². The van der Waals surface area contributed by atoms with E-state index in [0.29, 0.717) is 0 Å². The van der Waals surface area contributed by atoms with Gasteiger partial charge in [-0.05, 0) is 18.2 Å². The molecule has 0 unspecified atom stereocenters.